The highest BCUT2D eigenvalue weighted by molar-refractivity contribution is 6.35. The minimum absolute atomic E-state index is 0.0249. The first-order chi connectivity index (χ1) is 10.2. The summed E-state index contributed by atoms with van der Waals surface area (Å²) in [6.07, 6.45) is 1.58. The molecule has 0 radical (unpaired) electrons. The molecule has 0 fully saturated rings. The summed E-state index contributed by atoms with van der Waals surface area (Å²) >= 11 is 6.12. The van der Waals surface area contributed by atoms with E-state index in [0.29, 0.717) is 27.1 Å². The van der Waals surface area contributed by atoms with E-state index in [1.165, 1.54) is 6.20 Å². The van der Waals surface area contributed by atoms with Crippen molar-refractivity contribution in [3.63, 3.8) is 0 Å². The van der Waals surface area contributed by atoms with Gasteiger partial charge in [-0.05, 0) is 12.1 Å². The molecule has 4 heteroatoms. The summed E-state index contributed by atoms with van der Waals surface area (Å²) in [5.41, 5.74) is 1.77. The maximum absolute atomic E-state index is 12.3. The van der Waals surface area contributed by atoms with Gasteiger partial charge in [0.15, 0.2) is 12.0 Å². The number of hydrogen-bond acceptors (Lipinski definition) is 2. The highest BCUT2D eigenvalue weighted by Crippen LogP contribution is 2.24. The van der Waals surface area contributed by atoms with Gasteiger partial charge in [0.05, 0.1) is 10.4 Å². The zero-order chi connectivity index (χ0) is 14.8. The third-order valence-corrected chi connectivity index (χ3v) is 3.73. The molecule has 0 saturated heterocycles. The van der Waals surface area contributed by atoms with E-state index in [2.05, 4.69) is 0 Å². The van der Waals surface area contributed by atoms with Gasteiger partial charge < -0.3 is 5.21 Å². The number of carbonyl (C=O) groups is 1. The second-order valence-electron chi connectivity index (χ2n) is 4.77. The molecule has 0 amide bonds. The van der Waals surface area contributed by atoms with Crippen molar-refractivity contribution in [1.29, 1.82) is 0 Å². The van der Waals surface area contributed by atoms with E-state index >= 15 is 0 Å². The molecule has 0 aliphatic carbocycles. The summed E-state index contributed by atoms with van der Waals surface area (Å²) in [5.74, 6) is -0.0249. The predicted octanol–water partition coefficient (Wildman–Crippen LogP) is 3.55. The summed E-state index contributed by atoms with van der Waals surface area (Å²) in [5, 5.41) is 13.2. The first-order valence-corrected chi connectivity index (χ1v) is 6.92. The number of rotatable bonds is 3. The number of Topliss-reactive ketones (excluding diaryl/α,β-unsaturated/α-hetero) is 1. The molecule has 3 aromatic rings. The van der Waals surface area contributed by atoms with Crippen LogP contribution in [0.5, 0.6) is 0 Å². The molecular weight excluding hydrogens is 286 g/mol. The fraction of sp³-hybridized carbons (Fsp3) is 0.0588. The number of fused-ring (bicyclic) bond motifs is 1. The van der Waals surface area contributed by atoms with Gasteiger partial charge in [0.25, 0.3) is 0 Å². The lowest BCUT2D eigenvalue weighted by molar-refractivity contribution is -0.577. The smallest absolute Gasteiger partial charge is 0.228 e. The van der Waals surface area contributed by atoms with Crippen molar-refractivity contribution in [2.75, 3.05) is 0 Å². The molecule has 0 N–H and O–H groups in total. The van der Waals surface area contributed by atoms with Crippen LogP contribution in [-0.4, -0.2) is 5.78 Å². The molecule has 0 unspecified atom stereocenters. The van der Waals surface area contributed by atoms with Crippen molar-refractivity contribution >= 4 is 28.3 Å². The zero-order valence-corrected chi connectivity index (χ0v) is 11.9. The largest absolute Gasteiger partial charge is 0.618 e. The third-order valence-electron chi connectivity index (χ3n) is 3.40. The fourth-order valence-corrected chi connectivity index (χ4v) is 2.60. The third kappa shape index (κ3) is 2.60. The SMILES string of the molecule is O=C(Cc1ccc(Cl)c2ccc[n+]([O-])c12)c1ccccc1. The Bertz CT molecular complexity index is 816. The molecule has 3 rings (SSSR count). The normalized spacial score (nSPS) is 10.7. The first-order valence-electron chi connectivity index (χ1n) is 6.54. The highest BCUT2D eigenvalue weighted by Gasteiger charge is 2.16. The fourth-order valence-electron chi connectivity index (χ4n) is 2.38. The molecule has 0 atom stereocenters. The van der Waals surface area contributed by atoms with Gasteiger partial charge in [0, 0.05) is 23.6 Å². The number of halogens is 1. The van der Waals surface area contributed by atoms with E-state index in [-0.39, 0.29) is 12.2 Å². The van der Waals surface area contributed by atoms with Crippen molar-refractivity contribution in [1.82, 2.24) is 0 Å². The van der Waals surface area contributed by atoms with Gasteiger partial charge in [-0.3, -0.25) is 4.79 Å². The monoisotopic (exact) mass is 297 g/mol. The van der Waals surface area contributed by atoms with Crippen LogP contribution in [0.4, 0.5) is 0 Å². The number of benzene rings is 2. The maximum atomic E-state index is 12.3. The summed E-state index contributed by atoms with van der Waals surface area (Å²) in [7, 11) is 0. The Morgan fingerprint density at radius 2 is 1.81 bits per heavy atom. The van der Waals surface area contributed by atoms with Crippen molar-refractivity contribution in [3.05, 3.63) is 82.2 Å². The number of carbonyl (C=O) groups excluding carboxylic acids is 1. The van der Waals surface area contributed by atoms with Crippen LogP contribution in [0.25, 0.3) is 10.9 Å². The van der Waals surface area contributed by atoms with Crippen molar-refractivity contribution in [3.8, 4) is 0 Å². The van der Waals surface area contributed by atoms with E-state index in [4.69, 9.17) is 11.6 Å². The Labute approximate surface area is 127 Å². The van der Waals surface area contributed by atoms with E-state index in [1.54, 1.807) is 36.4 Å². The van der Waals surface area contributed by atoms with Gasteiger partial charge >= 0.3 is 0 Å². The lowest BCUT2D eigenvalue weighted by atomic mass is 10.0. The molecule has 0 bridgehead atoms. The molecule has 104 valence electrons. The first kappa shape index (κ1) is 13.6. The molecule has 1 heterocycles. The zero-order valence-electron chi connectivity index (χ0n) is 11.1. The van der Waals surface area contributed by atoms with Gasteiger partial charge in [-0.25, -0.2) is 0 Å². The maximum Gasteiger partial charge on any atom is 0.228 e. The number of nitrogens with zero attached hydrogens (tertiary/aromatic N) is 1. The molecule has 0 aliphatic heterocycles. The summed E-state index contributed by atoms with van der Waals surface area (Å²) < 4.78 is 0.759. The lowest BCUT2D eigenvalue weighted by Gasteiger charge is -2.08. The van der Waals surface area contributed by atoms with E-state index in [0.717, 1.165) is 4.73 Å². The number of pyridine rings is 1. The highest BCUT2D eigenvalue weighted by atomic mass is 35.5. The minimum atomic E-state index is -0.0249. The molecule has 0 aliphatic rings. The number of ketones is 1. The van der Waals surface area contributed by atoms with Crippen LogP contribution in [0.15, 0.2) is 60.8 Å². The molecule has 2 aromatic carbocycles. The Morgan fingerprint density at radius 3 is 2.57 bits per heavy atom. The van der Waals surface area contributed by atoms with Gasteiger partial charge in [0.1, 0.15) is 0 Å². The topological polar surface area (TPSA) is 44.0 Å². The van der Waals surface area contributed by atoms with Gasteiger partial charge in [-0.15, -0.1) is 0 Å². The Kier molecular flexibility index (Phi) is 3.59. The number of aromatic nitrogens is 1. The second-order valence-corrected chi connectivity index (χ2v) is 5.18. The quantitative estimate of drug-likeness (QED) is 0.421. The molecule has 0 saturated carbocycles. The average molecular weight is 298 g/mol. The summed E-state index contributed by atoms with van der Waals surface area (Å²) in [6, 6.07) is 15.9. The van der Waals surface area contributed by atoms with E-state index < -0.39 is 0 Å². The molecule has 1 aromatic heterocycles. The Balaban J connectivity index is 2.06. The van der Waals surface area contributed by atoms with Gasteiger partial charge in [-0.1, -0.05) is 48.0 Å². The number of hydrogen-bond donors (Lipinski definition) is 0. The van der Waals surface area contributed by atoms with Crippen LogP contribution in [0.1, 0.15) is 15.9 Å². The van der Waals surface area contributed by atoms with Crippen molar-refractivity contribution in [2.24, 2.45) is 0 Å². The second kappa shape index (κ2) is 5.54. The van der Waals surface area contributed by atoms with Crippen molar-refractivity contribution in [2.45, 2.75) is 6.42 Å². The van der Waals surface area contributed by atoms with Crippen LogP contribution in [-0.2, 0) is 6.42 Å². The molecular formula is C17H12ClNO2. The molecule has 0 spiro atoms. The van der Waals surface area contributed by atoms with Crippen molar-refractivity contribution < 1.29 is 9.52 Å². The van der Waals surface area contributed by atoms with E-state index in [9.17, 15) is 10.0 Å². The standard InChI is InChI=1S/C17H12ClNO2/c18-15-9-8-13(17-14(15)7-4-10-19(17)21)11-16(20)12-5-2-1-3-6-12/h1-10H,11H2. The minimum Gasteiger partial charge on any atom is -0.618 e. The van der Waals surface area contributed by atoms with Crippen LogP contribution in [0, 0.1) is 5.21 Å². The van der Waals surface area contributed by atoms with Gasteiger partial charge in [-0.2, -0.15) is 4.73 Å². The van der Waals surface area contributed by atoms with Crippen LogP contribution in [0.2, 0.25) is 5.02 Å². The van der Waals surface area contributed by atoms with Crippen LogP contribution in [0.3, 0.4) is 0 Å². The molecule has 21 heavy (non-hydrogen) atoms. The molecule has 3 nitrogen and oxygen atoms in total. The summed E-state index contributed by atoms with van der Waals surface area (Å²) in [4.78, 5) is 12.3. The lowest BCUT2D eigenvalue weighted by Crippen LogP contribution is -2.27. The Morgan fingerprint density at radius 1 is 1.05 bits per heavy atom. The van der Waals surface area contributed by atoms with Crippen LogP contribution >= 0.6 is 11.6 Å². The van der Waals surface area contributed by atoms with Crippen LogP contribution < -0.4 is 4.73 Å². The predicted molar refractivity (Wildman–Crippen MR) is 82.4 cm³/mol. The van der Waals surface area contributed by atoms with E-state index in [1.807, 2.05) is 18.2 Å². The Hall–Kier alpha value is -2.39. The summed E-state index contributed by atoms with van der Waals surface area (Å²) in [6.45, 7) is 0. The van der Waals surface area contributed by atoms with Gasteiger partial charge in [0.2, 0.25) is 5.52 Å². The average Bonchev–Trinajstić information content (AvgIpc) is 2.51.